The van der Waals surface area contributed by atoms with Gasteiger partial charge in [0.05, 0.1) is 12.0 Å². The number of hydrogen-bond acceptors (Lipinski definition) is 4. The summed E-state index contributed by atoms with van der Waals surface area (Å²) in [6.07, 6.45) is 0.512. The van der Waals surface area contributed by atoms with Crippen LogP contribution >= 0.6 is 11.6 Å². The molecule has 7 heteroatoms. The number of carboxylic acid groups (broad SMARTS) is 1. The van der Waals surface area contributed by atoms with Crippen LogP contribution in [0.2, 0.25) is 5.02 Å². The zero-order chi connectivity index (χ0) is 21.4. The van der Waals surface area contributed by atoms with Crippen molar-refractivity contribution in [1.82, 2.24) is 5.32 Å². The summed E-state index contributed by atoms with van der Waals surface area (Å²) in [5.41, 5.74) is 1.57. The van der Waals surface area contributed by atoms with Gasteiger partial charge in [0.25, 0.3) is 0 Å². The molecular weight excluding hydrogens is 394 g/mol. The predicted octanol–water partition coefficient (Wildman–Crippen LogP) is 3.15. The van der Waals surface area contributed by atoms with Crippen LogP contribution in [0, 0.1) is 5.41 Å². The van der Waals surface area contributed by atoms with Gasteiger partial charge in [0.15, 0.2) is 0 Å². The fraction of sp³-hybridized carbons (Fsp3) is 0.364. The van der Waals surface area contributed by atoms with Crippen molar-refractivity contribution < 1.29 is 24.5 Å². The molecule has 29 heavy (non-hydrogen) atoms. The van der Waals surface area contributed by atoms with E-state index in [1.807, 2.05) is 48.5 Å². The molecule has 0 aliphatic heterocycles. The number of methoxy groups -OCH3 is 1. The second-order valence-electron chi connectivity index (χ2n) is 7.34. The van der Waals surface area contributed by atoms with Gasteiger partial charge in [-0.05, 0) is 48.6 Å². The number of halogens is 1. The number of rotatable bonds is 10. The van der Waals surface area contributed by atoms with Crippen molar-refractivity contribution in [2.45, 2.75) is 25.8 Å². The third kappa shape index (κ3) is 6.56. The molecular formula is C22H26ClNO5. The lowest BCUT2D eigenvalue weighted by Crippen LogP contribution is -2.45. The number of ether oxygens (including phenoxy) is 1. The first-order valence-corrected chi connectivity index (χ1v) is 9.62. The van der Waals surface area contributed by atoms with E-state index >= 15 is 0 Å². The highest BCUT2D eigenvalue weighted by Gasteiger charge is 2.35. The number of hydrogen-bond donors (Lipinski definition) is 3. The maximum Gasteiger partial charge on any atom is 0.311 e. The van der Waals surface area contributed by atoms with Crippen molar-refractivity contribution in [3.63, 3.8) is 0 Å². The van der Waals surface area contributed by atoms with Gasteiger partial charge in [-0.2, -0.15) is 0 Å². The summed E-state index contributed by atoms with van der Waals surface area (Å²) in [5.74, 6) is -1.44. The lowest BCUT2D eigenvalue weighted by molar-refractivity contribution is -0.151. The van der Waals surface area contributed by atoms with Gasteiger partial charge >= 0.3 is 5.97 Å². The van der Waals surface area contributed by atoms with Gasteiger partial charge < -0.3 is 20.3 Å². The molecule has 0 saturated carbocycles. The van der Waals surface area contributed by atoms with Gasteiger partial charge in [0, 0.05) is 18.2 Å². The van der Waals surface area contributed by atoms with Gasteiger partial charge in [-0.1, -0.05) is 48.0 Å². The van der Waals surface area contributed by atoms with E-state index in [0.29, 0.717) is 11.4 Å². The Bertz CT molecular complexity index is 839. The van der Waals surface area contributed by atoms with Crippen LogP contribution in [0.15, 0.2) is 48.5 Å². The van der Waals surface area contributed by atoms with Crippen LogP contribution in [0.3, 0.4) is 0 Å². The van der Waals surface area contributed by atoms with Crippen LogP contribution in [0.4, 0.5) is 0 Å². The Kier molecular flexibility index (Phi) is 8.20. The maximum atomic E-state index is 12.0. The molecule has 0 bridgehead atoms. The molecule has 6 nitrogen and oxygen atoms in total. The van der Waals surface area contributed by atoms with E-state index in [1.165, 1.54) is 14.0 Å². The summed E-state index contributed by atoms with van der Waals surface area (Å²) in [6, 6.07) is 14.9. The van der Waals surface area contributed by atoms with Gasteiger partial charge in [-0.25, -0.2) is 0 Å². The van der Waals surface area contributed by atoms with Gasteiger partial charge in [0.2, 0.25) is 5.91 Å². The summed E-state index contributed by atoms with van der Waals surface area (Å²) >= 11 is 6.05. The van der Waals surface area contributed by atoms with E-state index < -0.39 is 24.0 Å². The van der Waals surface area contributed by atoms with E-state index in [-0.39, 0.29) is 18.9 Å². The van der Waals surface area contributed by atoms with Crippen molar-refractivity contribution >= 4 is 23.5 Å². The Hall–Kier alpha value is -2.41. The molecule has 0 heterocycles. The van der Waals surface area contributed by atoms with E-state index in [9.17, 15) is 19.8 Å². The second-order valence-corrected chi connectivity index (χ2v) is 7.77. The first kappa shape index (κ1) is 22.9. The quantitative estimate of drug-likeness (QED) is 0.549. The van der Waals surface area contributed by atoms with Crippen LogP contribution in [0.1, 0.15) is 18.9 Å². The lowest BCUT2D eigenvalue weighted by atomic mass is 9.82. The Morgan fingerprint density at radius 2 is 1.86 bits per heavy atom. The summed E-state index contributed by atoms with van der Waals surface area (Å²) in [5, 5.41) is 22.5. The molecule has 0 aliphatic carbocycles. The largest absolute Gasteiger partial charge is 0.481 e. The number of aliphatic carboxylic acids is 1. The summed E-state index contributed by atoms with van der Waals surface area (Å²) in [6.45, 7) is 0.826. The average molecular weight is 420 g/mol. The molecule has 0 spiro atoms. The monoisotopic (exact) mass is 419 g/mol. The first-order valence-electron chi connectivity index (χ1n) is 9.25. The highest BCUT2D eigenvalue weighted by molar-refractivity contribution is 6.30. The van der Waals surface area contributed by atoms with Crippen molar-refractivity contribution in [1.29, 1.82) is 0 Å². The zero-order valence-corrected chi connectivity index (χ0v) is 17.3. The van der Waals surface area contributed by atoms with E-state index in [2.05, 4.69) is 5.32 Å². The Morgan fingerprint density at radius 1 is 1.17 bits per heavy atom. The minimum absolute atomic E-state index is 0.0876. The molecule has 0 radical (unpaired) electrons. The molecule has 2 aromatic rings. The van der Waals surface area contributed by atoms with Gasteiger partial charge in [-0.15, -0.1) is 0 Å². The minimum Gasteiger partial charge on any atom is -0.481 e. The average Bonchev–Trinajstić information content (AvgIpc) is 2.68. The highest BCUT2D eigenvalue weighted by Crippen LogP contribution is 2.26. The van der Waals surface area contributed by atoms with E-state index in [1.54, 1.807) is 0 Å². The molecule has 0 unspecified atom stereocenters. The number of benzene rings is 2. The Labute approximate surface area is 175 Å². The summed E-state index contributed by atoms with van der Waals surface area (Å²) in [7, 11) is 1.41. The molecule has 2 rings (SSSR count). The molecule has 3 N–H and O–H groups in total. The van der Waals surface area contributed by atoms with Crippen LogP contribution in [-0.2, 0) is 20.7 Å². The molecule has 0 aromatic heterocycles. The number of aliphatic hydroxyl groups is 1. The zero-order valence-electron chi connectivity index (χ0n) is 16.5. The van der Waals surface area contributed by atoms with Crippen LogP contribution < -0.4 is 5.32 Å². The number of nitrogens with one attached hydrogen (secondary N) is 1. The number of amides is 1. The standard InChI is InChI=1S/C22H26ClNO5/c1-22(14-25,21(27)28)12-19(24-20(26)13-29-2)10-15-6-8-16(9-7-15)17-4-3-5-18(23)11-17/h3-9,11,19,25H,10,12-14H2,1-2H3,(H,24,26)(H,27,28)/t19-,22+/m1/s1. The smallest absolute Gasteiger partial charge is 0.311 e. The molecule has 0 aliphatic rings. The van der Waals surface area contributed by atoms with Crippen LogP contribution in [0.25, 0.3) is 11.1 Å². The van der Waals surface area contributed by atoms with Crippen molar-refractivity contribution in [2.24, 2.45) is 5.41 Å². The Balaban J connectivity index is 2.18. The molecule has 2 atom stereocenters. The molecule has 1 amide bonds. The van der Waals surface area contributed by atoms with Crippen LogP contribution in [0.5, 0.6) is 0 Å². The summed E-state index contributed by atoms with van der Waals surface area (Å²) in [4.78, 5) is 23.6. The fourth-order valence-electron chi connectivity index (χ4n) is 3.12. The lowest BCUT2D eigenvalue weighted by Gasteiger charge is -2.28. The van der Waals surface area contributed by atoms with E-state index in [4.69, 9.17) is 16.3 Å². The minimum atomic E-state index is -1.36. The number of carbonyl (C=O) groups is 2. The number of carbonyl (C=O) groups excluding carboxylic acids is 1. The normalized spacial score (nSPS) is 14.1. The highest BCUT2D eigenvalue weighted by atomic mass is 35.5. The third-order valence-electron chi connectivity index (χ3n) is 4.80. The van der Waals surface area contributed by atoms with Crippen molar-refractivity contribution in [3.05, 3.63) is 59.1 Å². The maximum absolute atomic E-state index is 12.0. The fourth-order valence-corrected chi connectivity index (χ4v) is 3.31. The second kappa shape index (κ2) is 10.4. The molecule has 2 aromatic carbocycles. The van der Waals surface area contributed by atoms with Crippen molar-refractivity contribution in [3.8, 4) is 11.1 Å². The van der Waals surface area contributed by atoms with E-state index in [0.717, 1.165) is 16.7 Å². The Morgan fingerprint density at radius 3 is 2.41 bits per heavy atom. The molecule has 0 saturated heterocycles. The van der Waals surface area contributed by atoms with Gasteiger partial charge in [-0.3, -0.25) is 9.59 Å². The predicted molar refractivity (Wildman–Crippen MR) is 112 cm³/mol. The molecule has 156 valence electrons. The topological polar surface area (TPSA) is 95.9 Å². The van der Waals surface area contributed by atoms with Gasteiger partial charge in [0.1, 0.15) is 6.61 Å². The molecule has 0 fully saturated rings. The summed E-state index contributed by atoms with van der Waals surface area (Å²) < 4.78 is 4.84. The SMILES string of the molecule is COCC(=O)N[C@H](Cc1ccc(-c2cccc(Cl)c2)cc1)C[C@@](C)(CO)C(=O)O. The van der Waals surface area contributed by atoms with Crippen LogP contribution in [-0.4, -0.2) is 48.5 Å². The number of aliphatic hydroxyl groups excluding tert-OH is 1. The number of carboxylic acids is 1. The van der Waals surface area contributed by atoms with Crippen molar-refractivity contribution in [2.75, 3.05) is 20.3 Å². The first-order chi connectivity index (χ1) is 13.8. The third-order valence-corrected chi connectivity index (χ3v) is 5.03.